The van der Waals surface area contributed by atoms with Gasteiger partial charge in [-0.15, -0.1) is 10.2 Å². The van der Waals surface area contributed by atoms with Crippen LogP contribution >= 0.6 is 23.1 Å². The van der Waals surface area contributed by atoms with Crippen molar-refractivity contribution in [2.24, 2.45) is 0 Å². The van der Waals surface area contributed by atoms with Gasteiger partial charge >= 0.3 is 0 Å². The van der Waals surface area contributed by atoms with E-state index in [1.807, 2.05) is 12.4 Å². The van der Waals surface area contributed by atoms with Crippen LogP contribution < -0.4 is 5.32 Å². The molecule has 0 aliphatic rings. The average molecular weight is 345 g/mol. The maximum Gasteiger partial charge on any atom is 0.210 e. The summed E-state index contributed by atoms with van der Waals surface area (Å²) in [5.74, 6) is 1.03. The summed E-state index contributed by atoms with van der Waals surface area (Å²) < 4.78 is 1.00. The Morgan fingerprint density at radius 3 is 2.91 bits per heavy atom. The fourth-order valence-electron chi connectivity index (χ4n) is 2.11. The molecule has 1 aromatic carbocycles. The van der Waals surface area contributed by atoms with Gasteiger partial charge in [-0.1, -0.05) is 29.2 Å². The van der Waals surface area contributed by atoms with Gasteiger partial charge < -0.3 is 5.32 Å². The lowest BCUT2D eigenvalue weighted by molar-refractivity contribution is 0.930. The first-order valence-corrected chi connectivity index (χ1v) is 9.29. The molecule has 0 saturated carbocycles. The highest BCUT2D eigenvalue weighted by molar-refractivity contribution is 8.01. The zero-order chi connectivity index (χ0) is 16.1. The minimum Gasteiger partial charge on any atom is -0.330 e. The Hall–Kier alpha value is -1.86. The van der Waals surface area contributed by atoms with E-state index in [-0.39, 0.29) is 0 Å². The van der Waals surface area contributed by atoms with Crippen molar-refractivity contribution in [1.82, 2.24) is 20.4 Å². The number of anilines is 2. The number of rotatable bonds is 7. The third-order valence-electron chi connectivity index (χ3n) is 3.55. The highest BCUT2D eigenvalue weighted by atomic mass is 32.2. The van der Waals surface area contributed by atoms with Crippen LogP contribution in [0.2, 0.25) is 0 Å². The van der Waals surface area contributed by atoms with Crippen LogP contribution in [0.4, 0.5) is 10.8 Å². The fourth-order valence-corrected chi connectivity index (χ4v) is 3.89. The van der Waals surface area contributed by atoms with Crippen molar-refractivity contribution in [1.29, 1.82) is 0 Å². The van der Waals surface area contributed by atoms with Crippen LogP contribution in [-0.2, 0) is 6.42 Å². The molecule has 7 heteroatoms. The van der Waals surface area contributed by atoms with Crippen LogP contribution in [0.25, 0.3) is 0 Å². The second-order valence-electron chi connectivity index (χ2n) is 5.36. The van der Waals surface area contributed by atoms with Gasteiger partial charge in [0.05, 0.1) is 6.20 Å². The van der Waals surface area contributed by atoms with Crippen molar-refractivity contribution in [2.75, 3.05) is 11.1 Å². The van der Waals surface area contributed by atoms with E-state index in [1.54, 1.807) is 23.1 Å². The molecule has 2 aromatic heterocycles. The molecule has 3 aromatic rings. The summed E-state index contributed by atoms with van der Waals surface area (Å²) in [6.07, 6.45) is 5.96. The maximum atomic E-state index is 4.24. The van der Waals surface area contributed by atoms with Gasteiger partial charge in [-0.25, -0.2) is 0 Å². The van der Waals surface area contributed by atoms with Crippen LogP contribution in [0.15, 0.2) is 34.9 Å². The Labute approximate surface area is 143 Å². The molecule has 2 heterocycles. The summed E-state index contributed by atoms with van der Waals surface area (Å²) in [5.41, 5.74) is 4.87. The average Bonchev–Trinajstić information content (AvgIpc) is 3.19. The predicted molar refractivity (Wildman–Crippen MR) is 96.7 cm³/mol. The van der Waals surface area contributed by atoms with E-state index in [1.165, 1.54) is 16.7 Å². The molecule has 0 amide bonds. The molecule has 0 bridgehead atoms. The lowest BCUT2D eigenvalue weighted by Gasteiger charge is -2.05. The molecule has 0 saturated heterocycles. The summed E-state index contributed by atoms with van der Waals surface area (Å²) >= 11 is 3.35. The molecular formula is C16H19N5S2. The van der Waals surface area contributed by atoms with Gasteiger partial charge in [-0.2, -0.15) is 5.10 Å². The SMILES string of the molecule is Cc1ccc(Nc2nnc(SCCCc3cn[nH]c3)s2)cc1C. The Morgan fingerprint density at radius 2 is 2.13 bits per heavy atom. The number of benzene rings is 1. The third-order valence-corrected chi connectivity index (χ3v) is 5.61. The Morgan fingerprint density at radius 1 is 1.22 bits per heavy atom. The molecule has 0 radical (unpaired) electrons. The molecule has 0 fully saturated rings. The zero-order valence-corrected chi connectivity index (χ0v) is 14.8. The molecule has 3 rings (SSSR count). The molecule has 0 unspecified atom stereocenters. The summed E-state index contributed by atoms with van der Waals surface area (Å²) in [5, 5.41) is 19.4. The zero-order valence-electron chi connectivity index (χ0n) is 13.2. The summed E-state index contributed by atoms with van der Waals surface area (Å²) in [7, 11) is 0. The number of hydrogen-bond donors (Lipinski definition) is 2. The molecule has 5 nitrogen and oxygen atoms in total. The molecule has 120 valence electrons. The van der Waals surface area contributed by atoms with E-state index in [9.17, 15) is 0 Å². The molecule has 23 heavy (non-hydrogen) atoms. The third kappa shape index (κ3) is 4.56. The van der Waals surface area contributed by atoms with Crippen molar-refractivity contribution in [3.05, 3.63) is 47.3 Å². The van der Waals surface area contributed by atoms with Gasteiger partial charge in [0.25, 0.3) is 0 Å². The highest BCUT2D eigenvalue weighted by Crippen LogP contribution is 2.28. The number of nitrogens with zero attached hydrogens (tertiary/aromatic N) is 3. The van der Waals surface area contributed by atoms with Crippen molar-refractivity contribution in [3.8, 4) is 0 Å². The van der Waals surface area contributed by atoms with Gasteiger partial charge in [-0.05, 0) is 55.5 Å². The van der Waals surface area contributed by atoms with Crippen molar-refractivity contribution < 1.29 is 0 Å². The monoisotopic (exact) mass is 345 g/mol. The minimum absolute atomic E-state index is 0.839. The number of aromatic nitrogens is 4. The van der Waals surface area contributed by atoms with E-state index in [0.717, 1.165) is 33.8 Å². The molecule has 0 spiro atoms. The Kier molecular flexibility index (Phi) is 5.30. The van der Waals surface area contributed by atoms with Gasteiger partial charge in [0.1, 0.15) is 0 Å². The quantitative estimate of drug-likeness (QED) is 0.492. The molecular weight excluding hydrogens is 326 g/mol. The Bertz CT molecular complexity index is 752. The van der Waals surface area contributed by atoms with Crippen LogP contribution in [0.5, 0.6) is 0 Å². The first-order valence-electron chi connectivity index (χ1n) is 7.49. The lowest BCUT2D eigenvalue weighted by atomic mass is 10.1. The van der Waals surface area contributed by atoms with Crippen molar-refractivity contribution in [3.63, 3.8) is 0 Å². The van der Waals surface area contributed by atoms with Crippen LogP contribution in [0.1, 0.15) is 23.1 Å². The molecule has 0 aliphatic carbocycles. The lowest BCUT2D eigenvalue weighted by Crippen LogP contribution is -1.91. The molecule has 0 aliphatic heterocycles. The number of thioether (sulfide) groups is 1. The molecule has 2 N–H and O–H groups in total. The normalized spacial score (nSPS) is 10.9. The first kappa shape index (κ1) is 16.0. The second-order valence-corrected chi connectivity index (χ2v) is 7.68. The minimum atomic E-state index is 0.839. The van der Waals surface area contributed by atoms with Crippen molar-refractivity contribution >= 4 is 33.9 Å². The maximum absolute atomic E-state index is 4.24. The van der Waals surface area contributed by atoms with E-state index in [0.29, 0.717) is 0 Å². The fraction of sp³-hybridized carbons (Fsp3) is 0.312. The summed E-state index contributed by atoms with van der Waals surface area (Å²) in [4.78, 5) is 0. The topological polar surface area (TPSA) is 66.5 Å². The number of nitrogens with one attached hydrogen (secondary N) is 2. The van der Waals surface area contributed by atoms with Gasteiger partial charge in [-0.3, -0.25) is 5.10 Å². The smallest absolute Gasteiger partial charge is 0.210 e. The van der Waals surface area contributed by atoms with Crippen LogP contribution in [0.3, 0.4) is 0 Å². The first-order chi connectivity index (χ1) is 11.2. The Balaban J connectivity index is 1.48. The van der Waals surface area contributed by atoms with E-state index < -0.39 is 0 Å². The summed E-state index contributed by atoms with van der Waals surface area (Å²) in [6, 6.07) is 6.32. The van der Waals surface area contributed by atoms with Crippen LogP contribution in [0, 0.1) is 13.8 Å². The number of aromatic amines is 1. The number of aryl methyl sites for hydroxylation is 3. The van der Waals surface area contributed by atoms with E-state index in [4.69, 9.17) is 0 Å². The highest BCUT2D eigenvalue weighted by Gasteiger charge is 2.06. The van der Waals surface area contributed by atoms with Gasteiger partial charge in [0.15, 0.2) is 4.34 Å². The number of hydrogen-bond acceptors (Lipinski definition) is 6. The summed E-state index contributed by atoms with van der Waals surface area (Å²) in [6.45, 7) is 4.23. The van der Waals surface area contributed by atoms with Gasteiger partial charge in [0, 0.05) is 17.6 Å². The van der Waals surface area contributed by atoms with E-state index in [2.05, 4.69) is 57.8 Å². The predicted octanol–water partition coefficient (Wildman–Crippen LogP) is 4.35. The largest absolute Gasteiger partial charge is 0.330 e. The van der Waals surface area contributed by atoms with E-state index >= 15 is 0 Å². The molecule has 0 atom stereocenters. The van der Waals surface area contributed by atoms with Gasteiger partial charge in [0.2, 0.25) is 5.13 Å². The second kappa shape index (κ2) is 7.61. The number of H-pyrrole nitrogens is 1. The standard InChI is InChI=1S/C16H19N5S2/c1-11-5-6-14(8-12(11)2)19-15-20-21-16(23-15)22-7-3-4-13-9-17-18-10-13/h5-6,8-10H,3-4,7H2,1-2H3,(H,17,18)(H,19,20). The van der Waals surface area contributed by atoms with Crippen molar-refractivity contribution in [2.45, 2.75) is 31.0 Å². The van der Waals surface area contributed by atoms with Crippen LogP contribution in [-0.4, -0.2) is 26.1 Å².